The average Bonchev–Trinajstić information content (AvgIpc) is 2.42. The van der Waals surface area contributed by atoms with Crippen molar-refractivity contribution in [2.45, 2.75) is 19.6 Å². The fraction of sp³-hybridized carbons (Fsp3) is 0.294. The molecule has 0 atom stereocenters. The van der Waals surface area contributed by atoms with Gasteiger partial charge in [-0.1, -0.05) is 42.5 Å². The molecule has 0 aromatic heterocycles. The second-order valence-electron chi connectivity index (χ2n) is 4.72. The first-order chi connectivity index (χ1) is 9.27. The second-order valence-corrected chi connectivity index (χ2v) is 5.83. The maximum atomic E-state index is 3.49. The van der Waals surface area contributed by atoms with Crippen LogP contribution in [0.15, 0.2) is 48.5 Å². The zero-order valence-corrected chi connectivity index (χ0v) is 12.5. The van der Waals surface area contributed by atoms with E-state index in [1.807, 2.05) is 11.8 Å². The summed E-state index contributed by atoms with van der Waals surface area (Å²) in [6.07, 6.45) is 0. The summed E-state index contributed by atoms with van der Waals surface area (Å²) in [5.41, 5.74) is 5.40. The van der Waals surface area contributed by atoms with E-state index in [1.165, 1.54) is 22.4 Å². The van der Waals surface area contributed by atoms with Crippen molar-refractivity contribution in [2.75, 3.05) is 17.6 Å². The monoisotopic (exact) mass is 271 g/mol. The molecule has 0 spiro atoms. The van der Waals surface area contributed by atoms with Crippen molar-refractivity contribution in [3.8, 4) is 0 Å². The number of hydrogen-bond donors (Lipinski definition) is 1. The van der Waals surface area contributed by atoms with E-state index in [4.69, 9.17) is 0 Å². The molecule has 0 unspecified atom stereocenters. The Bertz CT molecular complexity index is 475. The molecule has 2 heteroatoms. The van der Waals surface area contributed by atoms with Gasteiger partial charge in [-0.25, -0.2) is 0 Å². The van der Waals surface area contributed by atoms with Gasteiger partial charge in [-0.05, 0) is 36.6 Å². The topological polar surface area (TPSA) is 12.0 Å². The lowest BCUT2D eigenvalue weighted by Gasteiger charge is -2.09. The van der Waals surface area contributed by atoms with Crippen LogP contribution in [0.5, 0.6) is 0 Å². The molecule has 19 heavy (non-hydrogen) atoms. The number of anilines is 1. The van der Waals surface area contributed by atoms with Gasteiger partial charge in [0.1, 0.15) is 0 Å². The number of hydrogen-bond acceptors (Lipinski definition) is 2. The third-order valence-corrected chi connectivity index (χ3v) is 4.23. The Morgan fingerprint density at radius 2 is 1.58 bits per heavy atom. The number of para-hydroxylation sites is 1. The third-order valence-electron chi connectivity index (χ3n) is 3.23. The molecule has 0 aliphatic heterocycles. The standard InChI is InChI=1S/C17H21NS/c1-14-7-3-5-9-16(14)13-19-12-11-18-17-10-6-4-8-15(17)2/h3-10,18H,11-13H2,1-2H3. The summed E-state index contributed by atoms with van der Waals surface area (Å²) >= 11 is 1.98. The number of aryl methyl sites for hydroxylation is 2. The Kier molecular flexibility index (Phi) is 5.34. The molecular weight excluding hydrogens is 250 g/mol. The van der Waals surface area contributed by atoms with Gasteiger partial charge in [0.2, 0.25) is 0 Å². The van der Waals surface area contributed by atoms with Gasteiger partial charge in [0.15, 0.2) is 0 Å². The SMILES string of the molecule is Cc1ccccc1CSCCNc1ccccc1C. The lowest BCUT2D eigenvalue weighted by Crippen LogP contribution is -2.05. The second kappa shape index (κ2) is 7.25. The minimum Gasteiger partial charge on any atom is -0.384 e. The largest absolute Gasteiger partial charge is 0.384 e. The Morgan fingerprint density at radius 1 is 0.895 bits per heavy atom. The van der Waals surface area contributed by atoms with Crippen LogP contribution >= 0.6 is 11.8 Å². The van der Waals surface area contributed by atoms with Crippen LogP contribution in [0.2, 0.25) is 0 Å². The van der Waals surface area contributed by atoms with E-state index in [-0.39, 0.29) is 0 Å². The average molecular weight is 271 g/mol. The molecule has 0 radical (unpaired) electrons. The highest BCUT2D eigenvalue weighted by Gasteiger charge is 1.98. The van der Waals surface area contributed by atoms with Gasteiger partial charge in [-0.3, -0.25) is 0 Å². The van der Waals surface area contributed by atoms with Crippen LogP contribution in [0.25, 0.3) is 0 Å². The maximum absolute atomic E-state index is 3.49. The van der Waals surface area contributed by atoms with Crippen molar-refractivity contribution in [1.29, 1.82) is 0 Å². The van der Waals surface area contributed by atoms with E-state index < -0.39 is 0 Å². The van der Waals surface area contributed by atoms with E-state index >= 15 is 0 Å². The van der Waals surface area contributed by atoms with Crippen LogP contribution in [-0.2, 0) is 5.75 Å². The van der Waals surface area contributed by atoms with Gasteiger partial charge in [-0.15, -0.1) is 0 Å². The highest BCUT2D eigenvalue weighted by atomic mass is 32.2. The van der Waals surface area contributed by atoms with Crippen molar-refractivity contribution in [3.63, 3.8) is 0 Å². The quantitative estimate of drug-likeness (QED) is 0.768. The predicted molar refractivity (Wildman–Crippen MR) is 87.0 cm³/mol. The van der Waals surface area contributed by atoms with Crippen LogP contribution in [0.4, 0.5) is 5.69 Å². The summed E-state index contributed by atoms with van der Waals surface area (Å²) in [7, 11) is 0. The highest BCUT2D eigenvalue weighted by Crippen LogP contribution is 2.17. The highest BCUT2D eigenvalue weighted by molar-refractivity contribution is 7.98. The smallest absolute Gasteiger partial charge is 0.0370 e. The van der Waals surface area contributed by atoms with E-state index in [9.17, 15) is 0 Å². The Balaban J connectivity index is 1.71. The van der Waals surface area contributed by atoms with Crippen molar-refractivity contribution in [3.05, 3.63) is 65.2 Å². The van der Waals surface area contributed by atoms with Crippen LogP contribution in [0, 0.1) is 13.8 Å². The molecule has 0 heterocycles. The number of benzene rings is 2. The number of thioether (sulfide) groups is 1. The minimum absolute atomic E-state index is 1.02. The summed E-state index contributed by atoms with van der Waals surface area (Å²) < 4.78 is 0. The van der Waals surface area contributed by atoms with Gasteiger partial charge in [-0.2, -0.15) is 11.8 Å². The molecule has 0 saturated heterocycles. The molecule has 0 amide bonds. The van der Waals surface area contributed by atoms with Crippen LogP contribution in [0.3, 0.4) is 0 Å². The molecular formula is C17H21NS. The Morgan fingerprint density at radius 3 is 2.32 bits per heavy atom. The van der Waals surface area contributed by atoms with Crippen molar-refractivity contribution in [2.24, 2.45) is 0 Å². The first-order valence-electron chi connectivity index (χ1n) is 6.69. The van der Waals surface area contributed by atoms with Crippen LogP contribution < -0.4 is 5.32 Å². The van der Waals surface area contributed by atoms with Crippen molar-refractivity contribution < 1.29 is 0 Å². The first kappa shape index (κ1) is 14.0. The van der Waals surface area contributed by atoms with Gasteiger partial charge >= 0.3 is 0 Å². The first-order valence-corrected chi connectivity index (χ1v) is 7.84. The fourth-order valence-electron chi connectivity index (χ4n) is 1.98. The van der Waals surface area contributed by atoms with Gasteiger partial charge in [0, 0.05) is 23.7 Å². The molecule has 1 N–H and O–H groups in total. The molecule has 2 rings (SSSR count). The molecule has 2 aromatic carbocycles. The maximum Gasteiger partial charge on any atom is 0.0370 e. The summed E-state index contributed by atoms with van der Waals surface area (Å²) in [5.74, 6) is 2.23. The third kappa shape index (κ3) is 4.32. The zero-order chi connectivity index (χ0) is 13.5. The summed E-state index contributed by atoms with van der Waals surface area (Å²) in [6.45, 7) is 5.34. The molecule has 0 fully saturated rings. The van der Waals surface area contributed by atoms with Crippen LogP contribution in [-0.4, -0.2) is 12.3 Å². The Labute approximate surface area is 120 Å². The molecule has 0 aliphatic carbocycles. The van der Waals surface area contributed by atoms with E-state index in [0.29, 0.717) is 0 Å². The summed E-state index contributed by atoms with van der Waals surface area (Å²) in [4.78, 5) is 0. The lowest BCUT2D eigenvalue weighted by molar-refractivity contribution is 1.20. The molecule has 0 bridgehead atoms. The molecule has 2 aromatic rings. The van der Waals surface area contributed by atoms with Crippen LogP contribution in [0.1, 0.15) is 16.7 Å². The normalized spacial score (nSPS) is 10.4. The minimum atomic E-state index is 1.02. The van der Waals surface area contributed by atoms with Crippen molar-refractivity contribution >= 4 is 17.4 Å². The van der Waals surface area contributed by atoms with E-state index in [1.54, 1.807) is 0 Å². The fourth-order valence-corrected chi connectivity index (χ4v) is 2.92. The lowest BCUT2D eigenvalue weighted by atomic mass is 10.1. The van der Waals surface area contributed by atoms with Gasteiger partial charge < -0.3 is 5.32 Å². The van der Waals surface area contributed by atoms with Crippen molar-refractivity contribution in [1.82, 2.24) is 0 Å². The Hall–Kier alpha value is -1.41. The van der Waals surface area contributed by atoms with Gasteiger partial charge in [0.05, 0.1) is 0 Å². The summed E-state index contributed by atoms with van der Waals surface area (Å²) in [5, 5.41) is 3.49. The summed E-state index contributed by atoms with van der Waals surface area (Å²) in [6, 6.07) is 17.1. The van der Waals surface area contributed by atoms with Gasteiger partial charge in [0.25, 0.3) is 0 Å². The molecule has 1 nitrogen and oxygen atoms in total. The molecule has 0 saturated carbocycles. The predicted octanol–water partition coefficient (Wildman–Crippen LogP) is 4.65. The van der Waals surface area contributed by atoms with E-state index in [2.05, 4.69) is 67.7 Å². The molecule has 100 valence electrons. The molecule has 0 aliphatic rings. The zero-order valence-electron chi connectivity index (χ0n) is 11.6. The number of rotatable bonds is 6. The number of nitrogens with one attached hydrogen (secondary N) is 1. The van der Waals surface area contributed by atoms with E-state index in [0.717, 1.165) is 18.1 Å².